The number of aliphatic hydroxyl groups excluding tert-OH is 1. The Morgan fingerprint density at radius 1 is 0.976 bits per heavy atom. The Labute approximate surface area is 262 Å². The molecular formula is C39H68N2O. The van der Waals surface area contributed by atoms with Gasteiger partial charge >= 0.3 is 0 Å². The van der Waals surface area contributed by atoms with Crippen LogP contribution in [0.5, 0.6) is 0 Å². The molecular weight excluding hydrogens is 512 g/mol. The van der Waals surface area contributed by atoms with Gasteiger partial charge in [0.15, 0.2) is 0 Å². The van der Waals surface area contributed by atoms with Gasteiger partial charge in [0.25, 0.3) is 0 Å². The SMILES string of the molecule is C=NC1(CC)CCCC1.CC.CC1=NC2CC2C(C)C=C1.CCC1=CC=C(C2=CC=CCC2C)CC1.CCCC.CO. The van der Waals surface area contributed by atoms with Gasteiger partial charge in [-0.2, -0.15) is 0 Å². The lowest BCUT2D eigenvalue weighted by atomic mass is 9.83. The van der Waals surface area contributed by atoms with E-state index in [0.717, 1.165) is 18.9 Å². The van der Waals surface area contributed by atoms with E-state index in [1.54, 1.807) is 16.7 Å². The van der Waals surface area contributed by atoms with E-state index < -0.39 is 0 Å². The van der Waals surface area contributed by atoms with Crippen molar-refractivity contribution in [2.75, 3.05) is 7.11 Å². The molecule has 4 atom stereocenters. The van der Waals surface area contributed by atoms with Crippen LogP contribution in [0.3, 0.4) is 0 Å². The van der Waals surface area contributed by atoms with Gasteiger partial charge in [-0.25, -0.2) is 0 Å². The van der Waals surface area contributed by atoms with Gasteiger partial charge < -0.3 is 5.11 Å². The predicted molar refractivity (Wildman–Crippen MR) is 191 cm³/mol. The zero-order valence-corrected chi connectivity index (χ0v) is 29.4. The standard InChI is InChI=1S/C15H20.C9H13N.C8H15N.C4H10.C2H6.CH4O/c1-3-13-8-10-14(11-9-13)15-7-5-4-6-12(15)2;1-6-3-4-7(2)10-9-5-8(6)9;1-3-8(9-2)6-4-5-7-8;1-3-4-2;2*1-2/h4-5,7-8,10,12H,3,6,9,11H2,1-2H3;3-4,6,8-9H,5H2,1-2H3;2-7H2,1H3;3-4H2,1-2H3;1-2H3;2H,1H3. The number of hydrogen-bond acceptors (Lipinski definition) is 3. The first-order valence-corrected chi connectivity index (χ1v) is 17.2. The molecule has 4 unspecified atom stereocenters. The highest BCUT2D eigenvalue weighted by Crippen LogP contribution is 2.42. The van der Waals surface area contributed by atoms with E-state index >= 15 is 0 Å². The minimum absolute atomic E-state index is 0.292. The van der Waals surface area contributed by atoms with Crippen molar-refractivity contribution >= 4 is 12.4 Å². The molecule has 5 rings (SSSR count). The molecule has 0 aromatic heterocycles. The highest BCUT2D eigenvalue weighted by Gasteiger charge is 2.40. The topological polar surface area (TPSA) is 45.0 Å². The number of aliphatic hydroxyl groups is 1. The van der Waals surface area contributed by atoms with E-state index in [4.69, 9.17) is 5.11 Å². The fourth-order valence-electron chi connectivity index (χ4n) is 5.69. The van der Waals surface area contributed by atoms with Crippen molar-refractivity contribution in [1.29, 1.82) is 0 Å². The smallest absolute Gasteiger partial charge is 0.0598 e. The first-order valence-electron chi connectivity index (χ1n) is 17.2. The van der Waals surface area contributed by atoms with Gasteiger partial charge in [-0.05, 0) is 100.0 Å². The number of rotatable bonds is 5. The van der Waals surface area contributed by atoms with E-state index in [9.17, 15) is 0 Å². The van der Waals surface area contributed by atoms with Crippen LogP contribution in [-0.4, -0.2) is 36.2 Å². The van der Waals surface area contributed by atoms with Crippen LogP contribution in [-0.2, 0) is 0 Å². The fraction of sp³-hybridized carbons (Fsp3) is 0.692. The monoisotopic (exact) mass is 581 g/mol. The lowest BCUT2D eigenvalue weighted by molar-refractivity contribution is 0.399. The Hall–Kier alpha value is -2.00. The van der Waals surface area contributed by atoms with Crippen molar-refractivity contribution in [3.63, 3.8) is 0 Å². The van der Waals surface area contributed by atoms with Gasteiger partial charge in [0.1, 0.15) is 0 Å². The maximum Gasteiger partial charge on any atom is 0.0598 e. The summed E-state index contributed by atoms with van der Waals surface area (Å²) in [6.45, 7) is 23.2. The van der Waals surface area contributed by atoms with E-state index in [0.29, 0.717) is 17.5 Å². The summed E-state index contributed by atoms with van der Waals surface area (Å²) in [7, 11) is 1.00. The van der Waals surface area contributed by atoms with Crippen LogP contribution in [0.4, 0.5) is 0 Å². The molecule has 0 saturated heterocycles. The van der Waals surface area contributed by atoms with E-state index in [2.05, 4.69) is 108 Å². The third-order valence-corrected chi connectivity index (χ3v) is 9.01. The molecule has 5 aliphatic rings. The largest absolute Gasteiger partial charge is 0.400 e. The molecule has 0 bridgehead atoms. The van der Waals surface area contributed by atoms with E-state index in [1.807, 2.05) is 13.8 Å². The van der Waals surface area contributed by atoms with Crippen LogP contribution >= 0.6 is 0 Å². The van der Waals surface area contributed by atoms with E-state index in [-0.39, 0.29) is 0 Å². The number of aliphatic imine (C=N–C) groups is 2. The van der Waals surface area contributed by atoms with Crippen LogP contribution in [0, 0.1) is 17.8 Å². The second kappa shape index (κ2) is 23.5. The van der Waals surface area contributed by atoms with Crippen molar-refractivity contribution in [3.05, 3.63) is 59.3 Å². The molecule has 0 radical (unpaired) electrons. The molecule has 0 aromatic carbocycles. The number of allylic oxidation sites excluding steroid dienone is 10. The Balaban J connectivity index is 0.000000549. The van der Waals surface area contributed by atoms with Crippen LogP contribution in [0.2, 0.25) is 0 Å². The number of nitrogens with zero attached hydrogens (tertiary/aromatic N) is 2. The van der Waals surface area contributed by atoms with Gasteiger partial charge in [0, 0.05) is 12.8 Å². The molecule has 1 heterocycles. The highest BCUT2D eigenvalue weighted by molar-refractivity contribution is 5.93. The Morgan fingerprint density at radius 2 is 1.62 bits per heavy atom. The molecule has 0 aromatic rings. The quantitative estimate of drug-likeness (QED) is 0.323. The van der Waals surface area contributed by atoms with Crippen molar-refractivity contribution in [3.8, 4) is 0 Å². The molecule has 1 aliphatic heterocycles. The summed E-state index contributed by atoms with van der Waals surface area (Å²) in [5, 5.41) is 7.00. The average molecular weight is 581 g/mol. The summed E-state index contributed by atoms with van der Waals surface area (Å²) < 4.78 is 0. The van der Waals surface area contributed by atoms with E-state index in [1.165, 1.54) is 82.8 Å². The van der Waals surface area contributed by atoms with Gasteiger partial charge in [-0.3, -0.25) is 9.98 Å². The zero-order valence-electron chi connectivity index (χ0n) is 29.4. The number of fused-ring (bicyclic) bond motifs is 1. The summed E-state index contributed by atoms with van der Waals surface area (Å²) >= 11 is 0. The molecule has 4 aliphatic carbocycles. The Kier molecular flexibility index (Phi) is 22.3. The van der Waals surface area contributed by atoms with Crippen LogP contribution in [0.15, 0.2) is 69.2 Å². The molecule has 42 heavy (non-hydrogen) atoms. The second-order valence-corrected chi connectivity index (χ2v) is 12.0. The van der Waals surface area contributed by atoms with Gasteiger partial charge in [0.05, 0.1) is 11.6 Å². The normalized spacial score (nSPS) is 25.8. The lowest BCUT2D eigenvalue weighted by Crippen LogP contribution is -2.19. The minimum Gasteiger partial charge on any atom is -0.400 e. The van der Waals surface area contributed by atoms with Crippen LogP contribution < -0.4 is 0 Å². The van der Waals surface area contributed by atoms with Crippen molar-refractivity contribution in [1.82, 2.24) is 0 Å². The van der Waals surface area contributed by atoms with Crippen molar-refractivity contribution in [2.45, 2.75) is 151 Å². The highest BCUT2D eigenvalue weighted by atomic mass is 16.2. The summed E-state index contributed by atoms with van der Waals surface area (Å²) in [5.41, 5.74) is 6.21. The van der Waals surface area contributed by atoms with Crippen LogP contribution in [0.1, 0.15) is 139 Å². The maximum absolute atomic E-state index is 7.00. The minimum atomic E-state index is 0.292. The molecule has 0 amide bonds. The molecule has 0 spiro atoms. The summed E-state index contributed by atoms with van der Waals surface area (Å²) in [6, 6.07) is 0.671. The zero-order chi connectivity index (χ0) is 32.0. The van der Waals surface area contributed by atoms with Crippen LogP contribution in [0.25, 0.3) is 0 Å². The second-order valence-electron chi connectivity index (χ2n) is 12.0. The summed E-state index contributed by atoms with van der Waals surface area (Å²) in [4.78, 5) is 8.72. The van der Waals surface area contributed by atoms with Gasteiger partial charge in [0.2, 0.25) is 0 Å². The molecule has 3 heteroatoms. The first kappa shape index (κ1) is 40.0. The fourth-order valence-corrected chi connectivity index (χ4v) is 5.69. The third-order valence-electron chi connectivity index (χ3n) is 9.01. The average Bonchev–Trinajstić information content (AvgIpc) is 3.68. The molecule has 3 nitrogen and oxygen atoms in total. The Bertz CT molecular complexity index is 909. The van der Waals surface area contributed by atoms with Crippen molar-refractivity contribution in [2.24, 2.45) is 27.7 Å². The molecule has 1 N–H and O–H groups in total. The molecule has 240 valence electrons. The van der Waals surface area contributed by atoms with Gasteiger partial charge in [-0.1, -0.05) is 123 Å². The number of hydrogen-bond donors (Lipinski definition) is 1. The maximum atomic E-state index is 7.00. The third kappa shape index (κ3) is 14.5. The molecule has 2 fully saturated rings. The lowest BCUT2D eigenvalue weighted by Gasteiger charge is -2.22. The van der Waals surface area contributed by atoms with Crippen molar-refractivity contribution < 1.29 is 5.11 Å². The number of unbranched alkanes of at least 4 members (excludes halogenated alkanes) is 1. The first-order chi connectivity index (χ1) is 20.3. The summed E-state index contributed by atoms with van der Waals surface area (Å²) in [5.74, 6) is 2.33. The molecule has 2 saturated carbocycles. The summed E-state index contributed by atoms with van der Waals surface area (Å²) in [6.07, 6.45) is 31.2. The predicted octanol–water partition coefficient (Wildman–Crippen LogP) is 11.5. The van der Waals surface area contributed by atoms with Gasteiger partial charge in [-0.15, -0.1) is 0 Å². The Morgan fingerprint density at radius 3 is 2.07 bits per heavy atom.